The zero-order chi connectivity index (χ0) is 11.1. The Bertz CT molecular complexity index is 284. The highest BCUT2D eigenvalue weighted by Gasteiger charge is 2.55. The van der Waals surface area contributed by atoms with Gasteiger partial charge in [0.15, 0.2) is 0 Å². The Hall–Kier alpha value is -0.630. The van der Waals surface area contributed by atoms with Gasteiger partial charge in [-0.15, -0.1) is 6.58 Å². The number of fused-ring (bicyclic) bond motifs is 1. The molecule has 0 amide bonds. The van der Waals surface area contributed by atoms with Gasteiger partial charge in [0.05, 0.1) is 6.10 Å². The number of carbonyl (C=O) groups excluding carboxylic acids is 1. The number of hydrogen-bond acceptors (Lipinski definition) is 2. The zero-order valence-corrected chi connectivity index (χ0v) is 9.41. The maximum atomic E-state index is 11.9. The standard InChI is InChI=1S/C13H20O2/c1-3-6-13-7-4-5-10(14)12(13)11(15)8-9(13)2/h3,9,11-12,15H,1,4-8H2,2H3/t9-,11+,12-,13+/m0/s1. The topological polar surface area (TPSA) is 37.3 Å². The van der Waals surface area contributed by atoms with Gasteiger partial charge in [0.1, 0.15) is 5.78 Å². The summed E-state index contributed by atoms with van der Waals surface area (Å²) in [6, 6.07) is 0. The van der Waals surface area contributed by atoms with E-state index in [0.717, 1.165) is 25.7 Å². The summed E-state index contributed by atoms with van der Waals surface area (Å²) < 4.78 is 0. The fourth-order valence-electron chi connectivity index (χ4n) is 3.81. The summed E-state index contributed by atoms with van der Waals surface area (Å²) in [5.41, 5.74) is 0.0243. The molecule has 2 heteroatoms. The third kappa shape index (κ3) is 1.46. The maximum absolute atomic E-state index is 11.9. The van der Waals surface area contributed by atoms with E-state index in [0.29, 0.717) is 12.3 Å². The van der Waals surface area contributed by atoms with Crippen LogP contribution in [0.5, 0.6) is 0 Å². The highest BCUT2D eigenvalue weighted by molar-refractivity contribution is 5.83. The predicted molar refractivity (Wildman–Crippen MR) is 59.4 cm³/mol. The molecule has 0 unspecified atom stereocenters. The van der Waals surface area contributed by atoms with Gasteiger partial charge in [0.25, 0.3) is 0 Å². The molecule has 0 aliphatic heterocycles. The van der Waals surface area contributed by atoms with Crippen LogP contribution in [0.25, 0.3) is 0 Å². The average molecular weight is 208 g/mol. The normalized spacial score (nSPS) is 45.2. The molecule has 1 N–H and O–H groups in total. The quantitative estimate of drug-likeness (QED) is 0.707. The van der Waals surface area contributed by atoms with E-state index < -0.39 is 6.10 Å². The number of aliphatic hydroxyl groups excluding tert-OH is 1. The molecule has 0 radical (unpaired) electrons. The number of hydrogen-bond donors (Lipinski definition) is 1. The van der Waals surface area contributed by atoms with Gasteiger partial charge in [-0.2, -0.15) is 0 Å². The molecule has 2 aliphatic rings. The monoisotopic (exact) mass is 208 g/mol. The third-order valence-corrected chi connectivity index (χ3v) is 4.52. The smallest absolute Gasteiger partial charge is 0.139 e. The van der Waals surface area contributed by atoms with E-state index in [4.69, 9.17) is 0 Å². The molecule has 15 heavy (non-hydrogen) atoms. The maximum Gasteiger partial charge on any atom is 0.139 e. The van der Waals surface area contributed by atoms with E-state index in [1.807, 2.05) is 6.08 Å². The molecule has 2 saturated carbocycles. The molecule has 0 aromatic heterocycles. The van der Waals surface area contributed by atoms with Gasteiger partial charge in [0.2, 0.25) is 0 Å². The van der Waals surface area contributed by atoms with Crippen molar-refractivity contribution >= 4 is 5.78 Å². The lowest BCUT2D eigenvalue weighted by molar-refractivity contribution is -0.133. The summed E-state index contributed by atoms with van der Waals surface area (Å²) >= 11 is 0. The van der Waals surface area contributed by atoms with Crippen LogP contribution >= 0.6 is 0 Å². The van der Waals surface area contributed by atoms with Crippen LogP contribution in [-0.2, 0) is 4.79 Å². The first-order valence-electron chi connectivity index (χ1n) is 5.93. The summed E-state index contributed by atoms with van der Waals surface area (Å²) in [4.78, 5) is 11.9. The highest BCUT2D eigenvalue weighted by atomic mass is 16.3. The summed E-state index contributed by atoms with van der Waals surface area (Å²) in [6.07, 6.45) is 5.89. The SMILES string of the molecule is C=CC[C@]12CCCC(=O)[C@H]1[C@H](O)C[C@@H]2C. The van der Waals surface area contributed by atoms with Gasteiger partial charge in [-0.25, -0.2) is 0 Å². The van der Waals surface area contributed by atoms with Crippen LogP contribution in [0.4, 0.5) is 0 Å². The molecule has 0 aromatic carbocycles. The van der Waals surface area contributed by atoms with E-state index in [9.17, 15) is 9.90 Å². The van der Waals surface area contributed by atoms with Crippen molar-refractivity contribution < 1.29 is 9.90 Å². The minimum absolute atomic E-state index is 0.0243. The molecule has 0 bridgehead atoms. The number of carbonyl (C=O) groups is 1. The van der Waals surface area contributed by atoms with Crippen LogP contribution < -0.4 is 0 Å². The van der Waals surface area contributed by atoms with E-state index in [-0.39, 0.29) is 17.1 Å². The minimum Gasteiger partial charge on any atom is -0.392 e. The molecule has 2 nitrogen and oxygen atoms in total. The molecule has 0 spiro atoms. The van der Waals surface area contributed by atoms with Crippen molar-refractivity contribution in [2.75, 3.05) is 0 Å². The van der Waals surface area contributed by atoms with Crippen molar-refractivity contribution in [3.8, 4) is 0 Å². The fraction of sp³-hybridized carbons (Fsp3) is 0.769. The Balaban J connectivity index is 2.35. The Morgan fingerprint density at radius 2 is 2.40 bits per heavy atom. The molecule has 2 rings (SSSR count). The molecule has 0 saturated heterocycles. The van der Waals surface area contributed by atoms with Crippen LogP contribution in [0, 0.1) is 17.3 Å². The van der Waals surface area contributed by atoms with Crippen molar-refractivity contribution in [1.82, 2.24) is 0 Å². The van der Waals surface area contributed by atoms with Crippen molar-refractivity contribution in [1.29, 1.82) is 0 Å². The molecule has 84 valence electrons. The molecule has 0 heterocycles. The van der Waals surface area contributed by atoms with Crippen LogP contribution in [0.1, 0.15) is 39.0 Å². The van der Waals surface area contributed by atoms with Gasteiger partial charge in [-0.3, -0.25) is 4.79 Å². The van der Waals surface area contributed by atoms with Gasteiger partial charge >= 0.3 is 0 Å². The Morgan fingerprint density at radius 1 is 1.67 bits per heavy atom. The number of allylic oxidation sites excluding steroid dienone is 1. The van der Waals surface area contributed by atoms with Crippen molar-refractivity contribution in [2.45, 2.75) is 45.1 Å². The lowest BCUT2D eigenvalue weighted by atomic mass is 9.62. The van der Waals surface area contributed by atoms with Gasteiger partial charge in [-0.05, 0) is 37.0 Å². The van der Waals surface area contributed by atoms with Crippen molar-refractivity contribution in [2.24, 2.45) is 17.3 Å². The van der Waals surface area contributed by atoms with Gasteiger partial charge in [0, 0.05) is 12.3 Å². The third-order valence-electron chi connectivity index (χ3n) is 4.52. The lowest BCUT2D eigenvalue weighted by Crippen LogP contribution is -2.42. The first kappa shape index (κ1) is 10.9. The zero-order valence-electron chi connectivity index (χ0n) is 9.41. The first-order valence-corrected chi connectivity index (χ1v) is 5.93. The Morgan fingerprint density at radius 3 is 3.07 bits per heavy atom. The molecular weight excluding hydrogens is 188 g/mol. The second kappa shape index (κ2) is 3.75. The van der Waals surface area contributed by atoms with Crippen LogP contribution in [-0.4, -0.2) is 17.0 Å². The van der Waals surface area contributed by atoms with E-state index in [1.54, 1.807) is 0 Å². The van der Waals surface area contributed by atoms with Crippen LogP contribution in [0.15, 0.2) is 12.7 Å². The Labute approximate surface area is 91.4 Å². The summed E-state index contributed by atoms with van der Waals surface area (Å²) in [7, 11) is 0. The first-order chi connectivity index (χ1) is 7.12. The second-order valence-electron chi connectivity index (χ2n) is 5.23. The van der Waals surface area contributed by atoms with Gasteiger partial charge < -0.3 is 5.11 Å². The van der Waals surface area contributed by atoms with Gasteiger partial charge in [-0.1, -0.05) is 13.0 Å². The molecular formula is C13H20O2. The number of rotatable bonds is 2. The number of aliphatic hydroxyl groups is 1. The minimum atomic E-state index is -0.409. The summed E-state index contributed by atoms with van der Waals surface area (Å²) in [6.45, 7) is 5.97. The van der Waals surface area contributed by atoms with Crippen molar-refractivity contribution in [3.63, 3.8) is 0 Å². The molecule has 4 atom stereocenters. The predicted octanol–water partition coefficient (Wildman–Crippen LogP) is 2.32. The van der Waals surface area contributed by atoms with E-state index in [2.05, 4.69) is 13.5 Å². The van der Waals surface area contributed by atoms with E-state index >= 15 is 0 Å². The largest absolute Gasteiger partial charge is 0.392 e. The lowest BCUT2D eigenvalue weighted by Gasteiger charge is -2.41. The van der Waals surface area contributed by atoms with E-state index in [1.165, 1.54) is 0 Å². The second-order valence-corrected chi connectivity index (χ2v) is 5.23. The molecule has 2 aliphatic carbocycles. The number of Topliss-reactive ketones (excluding diaryl/α,β-unsaturated/α-hetero) is 1. The highest BCUT2D eigenvalue weighted by Crippen LogP contribution is 2.56. The molecule has 0 aromatic rings. The Kier molecular flexibility index (Phi) is 2.72. The summed E-state index contributed by atoms with van der Waals surface area (Å²) in [5, 5.41) is 10.0. The summed E-state index contributed by atoms with van der Waals surface area (Å²) in [5.74, 6) is 0.610. The number of ketones is 1. The van der Waals surface area contributed by atoms with Crippen LogP contribution in [0.3, 0.4) is 0 Å². The van der Waals surface area contributed by atoms with Crippen LogP contribution in [0.2, 0.25) is 0 Å². The van der Waals surface area contributed by atoms with Crippen molar-refractivity contribution in [3.05, 3.63) is 12.7 Å². The average Bonchev–Trinajstić information content (AvgIpc) is 2.41. The molecule has 2 fully saturated rings. The fourth-order valence-corrected chi connectivity index (χ4v) is 3.81.